The van der Waals surface area contributed by atoms with Crippen molar-refractivity contribution in [2.24, 2.45) is 5.73 Å². The van der Waals surface area contributed by atoms with Gasteiger partial charge in [-0.1, -0.05) is 30.3 Å². The molecule has 0 aliphatic heterocycles. The van der Waals surface area contributed by atoms with Crippen LogP contribution in [0.3, 0.4) is 0 Å². The highest BCUT2D eigenvalue weighted by molar-refractivity contribution is 5.86. The van der Waals surface area contributed by atoms with Crippen molar-refractivity contribution in [3.05, 3.63) is 35.9 Å². The molecule has 4 nitrogen and oxygen atoms in total. The van der Waals surface area contributed by atoms with Crippen LogP contribution in [0.4, 0.5) is 13.2 Å². The maximum atomic E-state index is 12.6. The lowest BCUT2D eigenvalue weighted by Crippen LogP contribution is -2.63. The lowest BCUT2D eigenvalue weighted by Gasteiger charge is -2.28. The Morgan fingerprint density at radius 1 is 1.35 bits per heavy atom. The fourth-order valence-electron chi connectivity index (χ4n) is 1.52. The number of carbonyl (C=O) groups is 1. The van der Waals surface area contributed by atoms with E-state index in [0.29, 0.717) is 6.92 Å². The average Bonchev–Trinajstić information content (AvgIpc) is 2.37. The van der Waals surface area contributed by atoms with Crippen molar-refractivity contribution < 1.29 is 23.1 Å². The van der Waals surface area contributed by atoms with Crippen LogP contribution in [-0.2, 0) is 11.2 Å². The molecule has 0 saturated carbocycles. The molecule has 0 heterocycles. The Balaban J connectivity index is 2.72. The predicted molar refractivity (Wildman–Crippen MR) is 67.8 cm³/mol. The van der Waals surface area contributed by atoms with Crippen molar-refractivity contribution in [1.29, 1.82) is 0 Å². The van der Waals surface area contributed by atoms with Crippen LogP contribution in [0.15, 0.2) is 30.3 Å². The number of carbonyl (C=O) groups excluding carboxylic acids is 1. The van der Waals surface area contributed by atoms with Crippen molar-refractivity contribution in [1.82, 2.24) is 5.32 Å². The summed E-state index contributed by atoms with van der Waals surface area (Å²) in [5, 5.41) is 11.3. The summed E-state index contributed by atoms with van der Waals surface area (Å²) in [5.74, 6) is -1.36. The molecule has 4 N–H and O–H groups in total. The van der Waals surface area contributed by atoms with Gasteiger partial charge in [-0.25, -0.2) is 0 Å². The highest BCUT2D eigenvalue weighted by Crippen LogP contribution is 2.28. The van der Waals surface area contributed by atoms with E-state index in [1.54, 1.807) is 30.3 Å². The number of nitrogens with one attached hydrogen (secondary N) is 1. The fraction of sp³-hybridized carbons (Fsp3) is 0.462. The Morgan fingerprint density at radius 3 is 2.35 bits per heavy atom. The van der Waals surface area contributed by atoms with Gasteiger partial charge in [0.15, 0.2) is 5.54 Å². The Kier molecular flexibility index (Phi) is 5.13. The standard InChI is InChI=1S/C13H17F3N2O2/c1-12(17,13(14,15)16)11(20)18-10(8-19)7-9-5-3-2-4-6-9/h2-6,10,19H,7-8,17H2,1H3,(H,18,20). The van der Waals surface area contributed by atoms with Crippen molar-refractivity contribution >= 4 is 5.91 Å². The van der Waals surface area contributed by atoms with Crippen LogP contribution in [0.25, 0.3) is 0 Å². The van der Waals surface area contributed by atoms with Gasteiger partial charge in [0, 0.05) is 0 Å². The maximum Gasteiger partial charge on any atom is 0.415 e. The second kappa shape index (κ2) is 6.23. The zero-order valence-corrected chi connectivity index (χ0v) is 10.9. The third kappa shape index (κ3) is 3.94. The van der Waals surface area contributed by atoms with E-state index in [4.69, 9.17) is 10.8 Å². The Morgan fingerprint density at radius 2 is 1.90 bits per heavy atom. The molecule has 1 aromatic rings. The van der Waals surface area contributed by atoms with Crippen LogP contribution in [0, 0.1) is 0 Å². The summed E-state index contributed by atoms with van der Waals surface area (Å²) < 4.78 is 37.9. The molecule has 2 atom stereocenters. The van der Waals surface area contributed by atoms with E-state index in [1.807, 2.05) is 0 Å². The van der Waals surface area contributed by atoms with Crippen LogP contribution in [0.2, 0.25) is 0 Å². The number of amides is 1. The van der Waals surface area contributed by atoms with Gasteiger partial charge >= 0.3 is 6.18 Å². The number of hydrogen-bond acceptors (Lipinski definition) is 3. The quantitative estimate of drug-likeness (QED) is 0.757. The van der Waals surface area contributed by atoms with Crippen LogP contribution in [0.1, 0.15) is 12.5 Å². The van der Waals surface area contributed by atoms with Crippen molar-refractivity contribution in [2.45, 2.75) is 31.1 Å². The second-order valence-electron chi connectivity index (χ2n) is 4.74. The van der Waals surface area contributed by atoms with Crippen molar-refractivity contribution in [3.63, 3.8) is 0 Å². The van der Waals surface area contributed by atoms with Crippen LogP contribution >= 0.6 is 0 Å². The van der Waals surface area contributed by atoms with Gasteiger partial charge in [-0.05, 0) is 18.9 Å². The van der Waals surface area contributed by atoms with E-state index >= 15 is 0 Å². The molecule has 0 bridgehead atoms. The highest BCUT2D eigenvalue weighted by atomic mass is 19.4. The van der Waals surface area contributed by atoms with Crippen molar-refractivity contribution in [3.8, 4) is 0 Å². The lowest BCUT2D eigenvalue weighted by atomic mass is 10.0. The summed E-state index contributed by atoms with van der Waals surface area (Å²) >= 11 is 0. The molecule has 0 aromatic heterocycles. The topological polar surface area (TPSA) is 75.4 Å². The van der Waals surface area contributed by atoms with Crippen LogP contribution in [0.5, 0.6) is 0 Å². The van der Waals surface area contributed by atoms with E-state index in [1.165, 1.54) is 0 Å². The average molecular weight is 290 g/mol. The molecule has 0 radical (unpaired) electrons. The molecule has 1 amide bonds. The lowest BCUT2D eigenvalue weighted by molar-refractivity contribution is -0.187. The highest BCUT2D eigenvalue weighted by Gasteiger charge is 2.54. The second-order valence-corrected chi connectivity index (χ2v) is 4.74. The number of aliphatic hydroxyl groups is 1. The van der Waals surface area contributed by atoms with Gasteiger partial charge in [0.25, 0.3) is 0 Å². The van der Waals surface area contributed by atoms with E-state index in [2.05, 4.69) is 5.32 Å². The summed E-state index contributed by atoms with van der Waals surface area (Å²) in [5.41, 5.74) is 2.82. The SMILES string of the molecule is CC(N)(C(=O)NC(CO)Cc1ccccc1)C(F)(F)F. The first-order chi connectivity index (χ1) is 9.18. The number of hydrogen-bond donors (Lipinski definition) is 3. The molecule has 20 heavy (non-hydrogen) atoms. The molecular formula is C13H17F3N2O2. The number of rotatable bonds is 5. The first-order valence-corrected chi connectivity index (χ1v) is 6.00. The van der Waals surface area contributed by atoms with Gasteiger partial charge in [-0.2, -0.15) is 13.2 Å². The first kappa shape index (κ1) is 16.5. The molecule has 0 aliphatic rings. The third-order valence-corrected chi connectivity index (χ3v) is 2.94. The molecule has 0 saturated heterocycles. The number of halogens is 3. The normalized spacial score (nSPS) is 16.3. The molecule has 0 spiro atoms. The van der Waals surface area contributed by atoms with Gasteiger partial charge in [0.2, 0.25) is 5.91 Å². The number of nitrogens with two attached hydrogens (primary N) is 1. The molecule has 7 heteroatoms. The summed E-state index contributed by atoms with van der Waals surface area (Å²) in [7, 11) is 0. The summed E-state index contributed by atoms with van der Waals surface area (Å²) in [4.78, 5) is 11.6. The minimum atomic E-state index is -4.86. The van der Waals surface area contributed by atoms with Gasteiger partial charge < -0.3 is 16.2 Å². The van der Waals surface area contributed by atoms with Gasteiger partial charge in [-0.3, -0.25) is 4.79 Å². The maximum absolute atomic E-state index is 12.6. The molecule has 112 valence electrons. The van der Waals surface area contributed by atoms with Crippen LogP contribution in [-0.4, -0.2) is 35.4 Å². The van der Waals surface area contributed by atoms with Gasteiger partial charge in [-0.15, -0.1) is 0 Å². The van der Waals surface area contributed by atoms with Crippen LogP contribution < -0.4 is 11.1 Å². The smallest absolute Gasteiger partial charge is 0.394 e. The van der Waals surface area contributed by atoms with E-state index in [0.717, 1.165) is 5.56 Å². The number of aliphatic hydroxyl groups excluding tert-OH is 1. The minimum Gasteiger partial charge on any atom is -0.394 e. The molecule has 1 rings (SSSR count). The Hall–Kier alpha value is -1.60. The van der Waals surface area contributed by atoms with E-state index in [9.17, 15) is 18.0 Å². The monoisotopic (exact) mass is 290 g/mol. The zero-order valence-electron chi connectivity index (χ0n) is 10.9. The zero-order chi connectivity index (χ0) is 15.4. The predicted octanol–water partition coefficient (Wildman–Crippen LogP) is 0.986. The molecule has 2 unspecified atom stereocenters. The largest absolute Gasteiger partial charge is 0.415 e. The molecule has 0 aliphatic carbocycles. The third-order valence-electron chi connectivity index (χ3n) is 2.94. The Labute approximate surface area is 114 Å². The summed E-state index contributed by atoms with van der Waals surface area (Å²) in [6.45, 7) is 0.119. The number of benzene rings is 1. The van der Waals surface area contributed by atoms with E-state index < -0.39 is 30.3 Å². The number of alkyl halides is 3. The van der Waals surface area contributed by atoms with E-state index in [-0.39, 0.29) is 6.42 Å². The van der Waals surface area contributed by atoms with Gasteiger partial charge in [0.05, 0.1) is 12.6 Å². The molecule has 1 aromatic carbocycles. The van der Waals surface area contributed by atoms with Gasteiger partial charge in [0.1, 0.15) is 0 Å². The van der Waals surface area contributed by atoms with Crippen molar-refractivity contribution in [2.75, 3.05) is 6.61 Å². The molecule has 0 fully saturated rings. The summed E-state index contributed by atoms with van der Waals surface area (Å²) in [6, 6.07) is 7.98. The fourth-order valence-corrected chi connectivity index (χ4v) is 1.52. The minimum absolute atomic E-state index is 0.219. The Bertz CT molecular complexity index is 447. The molecular weight excluding hydrogens is 273 g/mol. The first-order valence-electron chi connectivity index (χ1n) is 6.00. The summed E-state index contributed by atoms with van der Waals surface area (Å²) in [6.07, 6.45) is -4.64.